The van der Waals surface area contributed by atoms with E-state index in [1.807, 2.05) is 24.3 Å². The molecule has 1 fully saturated rings. The number of hydrogen-bond acceptors (Lipinski definition) is 7. The number of halogens is 3. The molecule has 0 aliphatic carbocycles. The Balaban J connectivity index is 1.43. The third-order valence-electron chi connectivity index (χ3n) is 4.53. The summed E-state index contributed by atoms with van der Waals surface area (Å²) in [5, 5.41) is 7.16. The van der Waals surface area contributed by atoms with Crippen LogP contribution >= 0.6 is 11.3 Å². The van der Waals surface area contributed by atoms with Crippen molar-refractivity contribution in [3.63, 3.8) is 0 Å². The lowest BCUT2D eigenvalue weighted by molar-refractivity contribution is -0.138. The van der Waals surface area contributed by atoms with Gasteiger partial charge in [-0.3, -0.25) is 9.59 Å². The summed E-state index contributed by atoms with van der Waals surface area (Å²) in [6, 6.07) is 7.67. The van der Waals surface area contributed by atoms with Gasteiger partial charge in [-0.25, -0.2) is 0 Å². The second kappa shape index (κ2) is 9.28. The number of carbonyl (C=O) groups is 2. The highest BCUT2D eigenvalue weighted by atomic mass is 32.1. The first-order valence-electron chi connectivity index (χ1n) is 9.13. The first kappa shape index (κ1) is 21.8. The summed E-state index contributed by atoms with van der Waals surface area (Å²) >= 11 is 0.242. The number of nitrogens with zero attached hydrogens (tertiary/aromatic N) is 4. The molecule has 0 atom stereocenters. The predicted molar refractivity (Wildman–Crippen MR) is 105 cm³/mol. The summed E-state index contributed by atoms with van der Waals surface area (Å²) in [6.45, 7) is 2.33. The van der Waals surface area contributed by atoms with Gasteiger partial charge >= 0.3 is 6.18 Å². The number of nitrogens with one attached hydrogen (secondary N) is 1. The normalized spacial score (nSPS) is 14.5. The molecule has 1 aromatic carbocycles. The van der Waals surface area contributed by atoms with Crippen molar-refractivity contribution in [3.05, 3.63) is 29.3 Å². The fraction of sp³-hybridized carbons (Fsp3) is 0.444. The van der Waals surface area contributed by atoms with Crippen molar-refractivity contribution in [1.82, 2.24) is 15.1 Å². The lowest BCUT2D eigenvalue weighted by atomic mass is 10.2. The molecule has 2 aromatic rings. The van der Waals surface area contributed by atoms with Crippen LogP contribution in [-0.4, -0.2) is 60.2 Å². The molecule has 1 aliphatic rings. The van der Waals surface area contributed by atoms with Gasteiger partial charge in [-0.05, 0) is 12.1 Å². The average Bonchev–Trinajstić information content (AvgIpc) is 3.21. The summed E-state index contributed by atoms with van der Waals surface area (Å²) in [5.41, 5.74) is 1.01. The molecule has 0 radical (unpaired) electrons. The lowest BCUT2D eigenvalue weighted by Crippen LogP contribution is -2.48. The summed E-state index contributed by atoms with van der Waals surface area (Å²) in [4.78, 5) is 28.1. The number of alkyl halides is 3. The number of aromatic nitrogens is 2. The number of rotatable bonds is 6. The van der Waals surface area contributed by atoms with Crippen LogP contribution < -0.4 is 15.0 Å². The Kier molecular flexibility index (Phi) is 6.75. The van der Waals surface area contributed by atoms with Crippen molar-refractivity contribution in [2.24, 2.45) is 0 Å². The van der Waals surface area contributed by atoms with Crippen molar-refractivity contribution >= 4 is 34.0 Å². The quantitative estimate of drug-likeness (QED) is 0.739. The summed E-state index contributed by atoms with van der Waals surface area (Å²) in [7, 11) is 1.60. The van der Waals surface area contributed by atoms with Crippen molar-refractivity contribution in [2.45, 2.75) is 19.0 Å². The molecule has 12 heteroatoms. The fourth-order valence-corrected chi connectivity index (χ4v) is 3.60. The highest BCUT2D eigenvalue weighted by Crippen LogP contribution is 2.33. The van der Waals surface area contributed by atoms with E-state index < -0.39 is 17.1 Å². The topological polar surface area (TPSA) is 87.7 Å². The molecule has 2 amide bonds. The molecule has 8 nitrogen and oxygen atoms in total. The van der Waals surface area contributed by atoms with Gasteiger partial charge in [0.05, 0.1) is 7.11 Å². The van der Waals surface area contributed by atoms with Crippen LogP contribution in [0, 0.1) is 0 Å². The minimum absolute atomic E-state index is 0.0318. The maximum atomic E-state index is 12.5. The van der Waals surface area contributed by atoms with Crippen LogP contribution in [0.4, 0.5) is 24.0 Å². The number of anilines is 2. The Hall–Kier alpha value is -2.89. The first-order valence-corrected chi connectivity index (χ1v) is 9.95. The van der Waals surface area contributed by atoms with E-state index in [9.17, 15) is 22.8 Å². The van der Waals surface area contributed by atoms with E-state index in [1.54, 1.807) is 12.0 Å². The molecule has 2 heterocycles. The van der Waals surface area contributed by atoms with E-state index in [-0.39, 0.29) is 35.2 Å². The zero-order valence-corrected chi connectivity index (χ0v) is 16.9. The number of amides is 2. The van der Waals surface area contributed by atoms with Crippen molar-refractivity contribution in [2.75, 3.05) is 43.5 Å². The Morgan fingerprint density at radius 2 is 1.90 bits per heavy atom. The van der Waals surface area contributed by atoms with E-state index in [4.69, 9.17) is 4.74 Å². The maximum Gasteiger partial charge on any atom is 0.445 e. The van der Waals surface area contributed by atoms with E-state index >= 15 is 0 Å². The monoisotopic (exact) mass is 443 g/mol. The average molecular weight is 443 g/mol. The molecule has 0 spiro atoms. The molecular formula is C18H20F3N5O3S. The van der Waals surface area contributed by atoms with E-state index in [1.165, 1.54) is 0 Å². The van der Waals surface area contributed by atoms with Crippen molar-refractivity contribution in [1.29, 1.82) is 0 Å². The molecule has 0 bridgehead atoms. The second-order valence-electron chi connectivity index (χ2n) is 6.53. The number of methoxy groups -OCH3 is 1. The highest BCUT2D eigenvalue weighted by Gasteiger charge is 2.35. The fourth-order valence-electron chi connectivity index (χ4n) is 2.97. The molecule has 0 unspecified atom stereocenters. The third-order valence-corrected chi connectivity index (χ3v) is 5.41. The zero-order chi connectivity index (χ0) is 21.7. The van der Waals surface area contributed by atoms with Crippen LogP contribution in [-0.2, 0) is 15.8 Å². The number of benzene rings is 1. The van der Waals surface area contributed by atoms with Gasteiger partial charge in [0.2, 0.25) is 22.0 Å². The van der Waals surface area contributed by atoms with Gasteiger partial charge in [-0.15, -0.1) is 10.2 Å². The van der Waals surface area contributed by atoms with Crippen LogP contribution in [0.2, 0.25) is 0 Å². The molecule has 3 rings (SSSR count). The van der Waals surface area contributed by atoms with Crippen molar-refractivity contribution in [3.8, 4) is 5.75 Å². The standard InChI is InChI=1S/C18H20F3N5O3S/c1-29-13-4-2-3-12(11-13)25-7-9-26(10-8-25)15(28)6-5-14(27)22-17-24-23-16(30-17)18(19,20)21/h2-4,11H,5-10H2,1H3,(H,22,24,27). The van der Waals surface area contributed by atoms with Crippen LogP contribution in [0.1, 0.15) is 17.8 Å². The van der Waals surface area contributed by atoms with Crippen LogP contribution in [0.15, 0.2) is 24.3 Å². The number of carbonyl (C=O) groups excluding carboxylic acids is 2. The molecule has 1 N–H and O–H groups in total. The number of ether oxygens (including phenoxy) is 1. The molecule has 162 valence electrons. The van der Waals surface area contributed by atoms with E-state index in [2.05, 4.69) is 20.4 Å². The molecular weight excluding hydrogens is 423 g/mol. The van der Waals surface area contributed by atoms with Crippen LogP contribution in [0.3, 0.4) is 0 Å². The number of piperazine rings is 1. The van der Waals surface area contributed by atoms with Gasteiger partial charge in [0.15, 0.2) is 0 Å². The Bertz CT molecular complexity index is 897. The highest BCUT2D eigenvalue weighted by molar-refractivity contribution is 7.15. The van der Waals surface area contributed by atoms with Gasteiger partial charge in [-0.1, -0.05) is 17.4 Å². The molecule has 1 saturated heterocycles. The summed E-state index contributed by atoms with van der Waals surface area (Å²) in [6.07, 6.45) is -4.78. The smallest absolute Gasteiger partial charge is 0.445 e. The molecule has 0 saturated carbocycles. The SMILES string of the molecule is COc1cccc(N2CCN(C(=O)CCC(=O)Nc3nnc(C(F)(F)F)s3)CC2)c1. The maximum absolute atomic E-state index is 12.5. The first-order chi connectivity index (χ1) is 14.3. The second-order valence-corrected chi connectivity index (χ2v) is 7.51. The van der Waals surface area contributed by atoms with E-state index in [0.29, 0.717) is 26.2 Å². The Morgan fingerprint density at radius 1 is 1.17 bits per heavy atom. The molecule has 1 aliphatic heterocycles. The van der Waals surface area contributed by atoms with Crippen LogP contribution in [0.5, 0.6) is 5.75 Å². The van der Waals surface area contributed by atoms with Gasteiger partial charge in [-0.2, -0.15) is 13.2 Å². The van der Waals surface area contributed by atoms with Gasteiger partial charge in [0.25, 0.3) is 0 Å². The minimum Gasteiger partial charge on any atom is -0.497 e. The number of hydrogen-bond donors (Lipinski definition) is 1. The minimum atomic E-state index is -4.61. The lowest BCUT2D eigenvalue weighted by Gasteiger charge is -2.36. The summed E-state index contributed by atoms with van der Waals surface area (Å²) < 4.78 is 42.8. The Labute approximate surface area is 174 Å². The molecule has 1 aromatic heterocycles. The predicted octanol–water partition coefficient (Wildman–Crippen LogP) is 2.63. The van der Waals surface area contributed by atoms with E-state index in [0.717, 1.165) is 11.4 Å². The largest absolute Gasteiger partial charge is 0.497 e. The van der Waals surface area contributed by atoms with Gasteiger partial charge in [0, 0.05) is 50.8 Å². The summed E-state index contributed by atoms with van der Waals surface area (Å²) in [5.74, 6) is 0.00160. The third kappa shape index (κ3) is 5.59. The van der Waals surface area contributed by atoms with Gasteiger partial charge < -0.3 is 19.9 Å². The zero-order valence-electron chi connectivity index (χ0n) is 16.1. The Morgan fingerprint density at radius 3 is 2.53 bits per heavy atom. The van der Waals surface area contributed by atoms with Crippen molar-refractivity contribution < 1.29 is 27.5 Å². The van der Waals surface area contributed by atoms with Gasteiger partial charge in [0.1, 0.15) is 5.75 Å². The van der Waals surface area contributed by atoms with Crippen LogP contribution in [0.25, 0.3) is 0 Å². The molecule has 30 heavy (non-hydrogen) atoms.